The van der Waals surface area contributed by atoms with Crippen LogP contribution >= 0.6 is 11.3 Å². The fourth-order valence-electron chi connectivity index (χ4n) is 2.99. The first kappa shape index (κ1) is 22.0. The first-order valence-corrected chi connectivity index (χ1v) is 10.7. The summed E-state index contributed by atoms with van der Waals surface area (Å²) in [5, 5.41) is 4.52. The van der Waals surface area contributed by atoms with Crippen molar-refractivity contribution in [1.29, 1.82) is 0 Å². The van der Waals surface area contributed by atoms with Gasteiger partial charge in [0.1, 0.15) is 21.8 Å². The summed E-state index contributed by atoms with van der Waals surface area (Å²) in [5.74, 6) is -0.623. The van der Waals surface area contributed by atoms with Crippen molar-refractivity contribution in [3.8, 4) is 5.75 Å². The molecule has 4 aromatic rings. The van der Waals surface area contributed by atoms with E-state index >= 15 is 0 Å². The summed E-state index contributed by atoms with van der Waals surface area (Å²) in [7, 11) is 0. The second kappa shape index (κ2) is 9.53. The Morgan fingerprint density at radius 1 is 1.18 bits per heavy atom. The van der Waals surface area contributed by atoms with Crippen LogP contribution in [0.25, 0.3) is 10.2 Å². The Morgan fingerprint density at radius 3 is 2.67 bits per heavy atom. The monoisotopic (exact) mass is 462 g/mol. The molecular formula is C23H18N4O5S. The molecule has 0 unspecified atom stereocenters. The number of pyridine rings is 1. The van der Waals surface area contributed by atoms with E-state index in [0.29, 0.717) is 37.5 Å². The number of benzene rings is 1. The normalized spacial score (nSPS) is 11.1. The van der Waals surface area contributed by atoms with Crippen molar-refractivity contribution >= 4 is 39.7 Å². The molecule has 10 heteroatoms. The average Bonchev–Trinajstić information content (AvgIpc) is 3.17. The highest BCUT2D eigenvalue weighted by molar-refractivity contribution is 7.20. The molecule has 3 heterocycles. The Balaban J connectivity index is 1.53. The quantitative estimate of drug-likeness (QED) is 0.245. The lowest BCUT2D eigenvalue weighted by Crippen LogP contribution is -2.17. The van der Waals surface area contributed by atoms with E-state index in [0.717, 1.165) is 16.0 Å². The number of aromatic nitrogens is 3. The third-order valence-electron chi connectivity index (χ3n) is 4.61. The standard InChI is InChI=1S/C23H18N4O5S/c1-3-31-23(30)19-14(2)18-20(33-19)25-13-27(21(18)28)26-11-15-6-8-17(9-7-15)32-22(29)16-5-4-10-24-12-16/h4-13H,3H2,1-2H3. The molecular weight excluding hydrogens is 444 g/mol. The summed E-state index contributed by atoms with van der Waals surface area (Å²) in [4.78, 5) is 46.0. The fraction of sp³-hybridized carbons (Fsp3) is 0.130. The number of nitrogens with zero attached hydrogens (tertiary/aromatic N) is 4. The van der Waals surface area contributed by atoms with Crippen molar-refractivity contribution in [3.63, 3.8) is 0 Å². The number of esters is 2. The fourth-order valence-corrected chi connectivity index (χ4v) is 4.02. The van der Waals surface area contributed by atoms with Gasteiger partial charge in [-0.25, -0.2) is 14.6 Å². The van der Waals surface area contributed by atoms with Gasteiger partial charge >= 0.3 is 11.9 Å². The maximum absolute atomic E-state index is 12.9. The molecule has 0 radical (unpaired) electrons. The van der Waals surface area contributed by atoms with E-state index < -0.39 is 11.9 Å². The van der Waals surface area contributed by atoms with Crippen LogP contribution in [0.2, 0.25) is 0 Å². The van der Waals surface area contributed by atoms with Crippen molar-refractivity contribution in [2.45, 2.75) is 13.8 Å². The number of carbonyl (C=O) groups is 2. The Kier molecular flexibility index (Phi) is 6.36. The molecule has 0 aliphatic rings. The highest BCUT2D eigenvalue weighted by atomic mass is 32.1. The zero-order valence-electron chi connectivity index (χ0n) is 17.7. The summed E-state index contributed by atoms with van der Waals surface area (Å²) in [6.45, 7) is 3.65. The second-order valence-corrected chi connectivity index (χ2v) is 7.79. The highest BCUT2D eigenvalue weighted by Gasteiger charge is 2.20. The Hall–Kier alpha value is -4.18. The van der Waals surface area contributed by atoms with Gasteiger partial charge in [-0.2, -0.15) is 9.78 Å². The Bertz CT molecular complexity index is 1410. The number of hydrogen-bond acceptors (Lipinski definition) is 9. The average molecular weight is 462 g/mol. The van der Waals surface area contributed by atoms with E-state index in [-0.39, 0.29) is 12.2 Å². The molecule has 9 nitrogen and oxygen atoms in total. The highest BCUT2D eigenvalue weighted by Crippen LogP contribution is 2.27. The summed E-state index contributed by atoms with van der Waals surface area (Å²) in [6, 6.07) is 9.90. The van der Waals surface area contributed by atoms with E-state index in [2.05, 4.69) is 15.1 Å². The second-order valence-electron chi connectivity index (χ2n) is 6.80. The maximum atomic E-state index is 12.9. The predicted octanol–water partition coefficient (Wildman–Crippen LogP) is 3.44. The number of hydrogen-bond donors (Lipinski definition) is 0. The third-order valence-corrected chi connectivity index (χ3v) is 5.79. The molecule has 0 atom stereocenters. The van der Waals surface area contributed by atoms with Crippen LogP contribution in [0, 0.1) is 6.92 Å². The number of rotatable bonds is 6. The van der Waals surface area contributed by atoms with Gasteiger partial charge in [0, 0.05) is 12.4 Å². The molecule has 33 heavy (non-hydrogen) atoms. The maximum Gasteiger partial charge on any atom is 0.348 e. The van der Waals surface area contributed by atoms with Crippen molar-refractivity contribution in [3.05, 3.63) is 87.0 Å². The van der Waals surface area contributed by atoms with Crippen LogP contribution in [0.5, 0.6) is 5.75 Å². The molecule has 0 aliphatic carbocycles. The number of fused-ring (bicyclic) bond motifs is 1. The molecule has 166 valence electrons. The molecule has 0 fully saturated rings. The number of thiophene rings is 1. The van der Waals surface area contributed by atoms with Gasteiger partial charge in [-0.3, -0.25) is 9.78 Å². The molecule has 0 bridgehead atoms. The minimum absolute atomic E-state index is 0.246. The largest absolute Gasteiger partial charge is 0.462 e. The predicted molar refractivity (Wildman–Crippen MR) is 123 cm³/mol. The Morgan fingerprint density at radius 2 is 1.97 bits per heavy atom. The van der Waals surface area contributed by atoms with Crippen LogP contribution in [0.4, 0.5) is 0 Å². The van der Waals surface area contributed by atoms with E-state index in [4.69, 9.17) is 9.47 Å². The molecule has 0 saturated carbocycles. The molecule has 1 aromatic carbocycles. The smallest absolute Gasteiger partial charge is 0.348 e. The van der Waals surface area contributed by atoms with Gasteiger partial charge in [0.15, 0.2) is 0 Å². The van der Waals surface area contributed by atoms with E-state index in [9.17, 15) is 14.4 Å². The summed E-state index contributed by atoms with van der Waals surface area (Å²) in [5.41, 5.74) is 1.16. The lowest BCUT2D eigenvalue weighted by molar-refractivity contribution is 0.0531. The Labute approximate surface area is 192 Å². The zero-order valence-corrected chi connectivity index (χ0v) is 18.5. The number of ether oxygens (including phenoxy) is 2. The lowest BCUT2D eigenvalue weighted by atomic mass is 10.2. The van der Waals surface area contributed by atoms with Crippen LogP contribution in [0.1, 0.15) is 38.1 Å². The summed E-state index contributed by atoms with van der Waals surface area (Å²) < 4.78 is 11.5. The van der Waals surface area contributed by atoms with Crippen molar-refractivity contribution in [2.75, 3.05) is 6.61 Å². The molecule has 0 amide bonds. The van der Waals surface area contributed by atoms with Crippen molar-refractivity contribution < 1.29 is 19.1 Å². The van der Waals surface area contributed by atoms with Crippen LogP contribution in [0.3, 0.4) is 0 Å². The van der Waals surface area contributed by atoms with E-state index in [1.54, 1.807) is 56.4 Å². The topological polar surface area (TPSA) is 113 Å². The lowest BCUT2D eigenvalue weighted by Gasteiger charge is -2.04. The number of aryl methyl sites for hydroxylation is 1. The van der Waals surface area contributed by atoms with E-state index in [1.165, 1.54) is 18.7 Å². The van der Waals surface area contributed by atoms with Gasteiger partial charge in [-0.15, -0.1) is 11.3 Å². The summed E-state index contributed by atoms with van der Waals surface area (Å²) in [6.07, 6.45) is 5.78. The molecule has 0 aliphatic heterocycles. The molecule has 0 spiro atoms. The van der Waals surface area contributed by atoms with Crippen LogP contribution in [0.15, 0.2) is 65.0 Å². The van der Waals surface area contributed by atoms with Gasteiger partial charge < -0.3 is 9.47 Å². The molecule has 0 saturated heterocycles. The van der Waals surface area contributed by atoms with Gasteiger partial charge in [0.05, 0.1) is 23.8 Å². The third kappa shape index (κ3) is 4.70. The molecule has 3 aromatic heterocycles. The van der Waals surface area contributed by atoms with Crippen molar-refractivity contribution in [2.24, 2.45) is 5.10 Å². The SMILES string of the molecule is CCOC(=O)c1sc2ncn(N=Cc3ccc(OC(=O)c4cccnc4)cc3)c(=O)c2c1C. The van der Waals surface area contributed by atoms with E-state index in [1.807, 2.05) is 0 Å². The minimum Gasteiger partial charge on any atom is -0.462 e. The van der Waals surface area contributed by atoms with Crippen molar-refractivity contribution in [1.82, 2.24) is 14.6 Å². The van der Waals surface area contributed by atoms with Gasteiger partial charge in [-0.05, 0) is 61.4 Å². The molecule has 0 N–H and O–H groups in total. The van der Waals surface area contributed by atoms with Gasteiger partial charge in [0.2, 0.25) is 0 Å². The van der Waals surface area contributed by atoms with Crippen LogP contribution in [-0.2, 0) is 4.74 Å². The number of carbonyl (C=O) groups excluding carboxylic acids is 2. The first-order valence-electron chi connectivity index (χ1n) is 9.92. The van der Waals surface area contributed by atoms with Crippen LogP contribution < -0.4 is 10.3 Å². The van der Waals surface area contributed by atoms with Gasteiger partial charge in [-0.1, -0.05) is 0 Å². The summed E-state index contributed by atoms with van der Waals surface area (Å²) >= 11 is 1.12. The first-order chi connectivity index (χ1) is 16.0. The van der Waals surface area contributed by atoms with Gasteiger partial charge in [0.25, 0.3) is 5.56 Å². The minimum atomic E-state index is -0.510. The molecule has 4 rings (SSSR count). The zero-order chi connectivity index (χ0) is 23.4. The van der Waals surface area contributed by atoms with Crippen LogP contribution in [-0.4, -0.2) is 39.4 Å².